The molecule has 0 fully saturated rings. The number of aryl methyl sites for hydroxylation is 1. The van der Waals surface area contributed by atoms with E-state index in [1.54, 1.807) is 36.4 Å². The van der Waals surface area contributed by atoms with Crippen molar-refractivity contribution in [3.05, 3.63) is 77.9 Å². The lowest BCUT2D eigenvalue weighted by molar-refractivity contribution is -0.115. The molecule has 0 bridgehead atoms. The molecule has 1 heterocycles. The van der Waals surface area contributed by atoms with Crippen molar-refractivity contribution in [2.24, 2.45) is 0 Å². The summed E-state index contributed by atoms with van der Waals surface area (Å²) in [5.41, 5.74) is 2.87. The average Bonchev–Trinajstić information content (AvgIpc) is 2.74. The second-order valence-electron chi connectivity index (χ2n) is 7.41. The first-order chi connectivity index (χ1) is 15.2. The molecule has 0 spiro atoms. The number of anilines is 3. The van der Waals surface area contributed by atoms with Crippen LogP contribution in [0.15, 0.2) is 76.5 Å². The molecule has 164 valence electrons. The average molecular weight is 468 g/mol. The van der Waals surface area contributed by atoms with Crippen LogP contribution in [-0.4, -0.2) is 25.5 Å². The number of carbonyl (C=O) groups is 2. The third kappa shape index (κ3) is 4.79. The largest absolute Gasteiger partial charge is 0.324 e. The van der Waals surface area contributed by atoms with Gasteiger partial charge in [0.2, 0.25) is 5.91 Å². The van der Waals surface area contributed by atoms with Gasteiger partial charge in [0.1, 0.15) is 0 Å². The van der Waals surface area contributed by atoms with Crippen LogP contribution >= 0.6 is 11.8 Å². The van der Waals surface area contributed by atoms with Crippen LogP contribution < -0.4 is 15.4 Å². The van der Waals surface area contributed by atoms with Gasteiger partial charge in [-0.1, -0.05) is 12.1 Å². The van der Waals surface area contributed by atoms with Crippen LogP contribution in [0.1, 0.15) is 22.8 Å². The summed E-state index contributed by atoms with van der Waals surface area (Å²) >= 11 is 1.44. The summed E-state index contributed by atoms with van der Waals surface area (Å²) in [6.07, 6.45) is 0. The first-order valence-electron chi connectivity index (χ1n) is 9.84. The molecule has 3 N–H and O–H groups in total. The molecule has 1 unspecified atom stereocenters. The number of sulfonamides is 1. The summed E-state index contributed by atoms with van der Waals surface area (Å²) in [6.45, 7) is 3.70. The van der Waals surface area contributed by atoms with Gasteiger partial charge in [0.25, 0.3) is 15.9 Å². The maximum Gasteiger partial charge on any atom is 0.261 e. The van der Waals surface area contributed by atoms with Gasteiger partial charge >= 0.3 is 0 Å². The van der Waals surface area contributed by atoms with Crippen LogP contribution in [0, 0.1) is 6.92 Å². The normalized spacial score (nSPS) is 15.4. The van der Waals surface area contributed by atoms with Gasteiger partial charge in [-0.3, -0.25) is 14.3 Å². The van der Waals surface area contributed by atoms with Gasteiger partial charge < -0.3 is 10.6 Å². The smallest absolute Gasteiger partial charge is 0.261 e. The summed E-state index contributed by atoms with van der Waals surface area (Å²) in [5.74, 6) is -0.463. The Morgan fingerprint density at radius 1 is 1.00 bits per heavy atom. The Labute approximate surface area is 190 Å². The Hall–Kier alpha value is -3.30. The summed E-state index contributed by atoms with van der Waals surface area (Å²) in [6, 6.07) is 18.1. The second kappa shape index (κ2) is 8.68. The van der Waals surface area contributed by atoms with Gasteiger partial charge in [0.05, 0.1) is 15.8 Å². The van der Waals surface area contributed by atoms with Gasteiger partial charge in [-0.2, -0.15) is 0 Å². The number of thioether (sulfide) groups is 1. The van der Waals surface area contributed by atoms with Gasteiger partial charge in [0.15, 0.2) is 0 Å². The predicted molar refractivity (Wildman–Crippen MR) is 127 cm³/mol. The maximum atomic E-state index is 12.6. The fraction of sp³-hybridized carbons (Fsp3) is 0.130. The minimum Gasteiger partial charge on any atom is -0.324 e. The Balaban J connectivity index is 1.46. The van der Waals surface area contributed by atoms with Gasteiger partial charge in [0, 0.05) is 21.8 Å². The van der Waals surface area contributed by atoms with Crippen molar-refractivity contribution in [2.75, 3.05) is 15.4 Å². The molecule has 0 radical (unpaired) electrons. The molecule has 0 saturated carbocycles. The quantitative estimate of drug-likeness (QED) is 0.513. The van der Waals surface area contributed by atoms with Crippen LogP contribution in [-0.2, 0) is 14.8 Å². The van der Waals surface area contributed by atoms with Crippen LogP contribution in [0.5, 0.6) is 0 Å². The van der Waals surface area contributed by atoms with Crippen molar-refractivity contribution >= 4 is 50.7 Å². The molecule has 3 aromatic rings. The minimum atomic E-state index is -3.75. The molecule has 4 rings (SSSR count). The second-order valence-corrected chi connectivity index (χ2v) is 10.5. The van der Waals surface area contributed by atoms with Crippen molar-refractivity contribution in [2.45, 2.75) is 28.9 Å². The highest BCUT2D eigenvalue weighted by atomic mass is 32.2. The zero-order chi connectivity index (χ0) is 22.9. The molecule has 2 amide bonds. The molecule has 1 aliphatic heterocycles. The standard InChI is InChI=1S/C23H21N3O4S2/c1-14-4-3-5-18(12-14)26-32(29,30)19-9-7-17(8-10-19)24-23(28)16-6-11-21-20(13-16)25-22(27)15(2)31-21/h3-13,15,26H,1-2H3,(H,24,28)(H,25,27). The summed E-state index contributed by atoms with van der Waals surface area (Å²) < 4.78 is 27.8. The van der Waals surface area contributed by atoms with E-state index in [0.29, 0.717) is 22.6 Å². The van der Waals surface area contributed by atoms with Crippen LogP contribution in [0.2, 0.25) is 0 Å². The number of benzene rings is 3. The van der Waals surface area contributed by atoms with E-state index in [9.17, 15) is 18.0 Å². The number of nitrogens with one attached hydrogen (secondary N) is 3. The fourth-order valence-corrected chi connectivity index (χ4v) is 5.17. The van der Waals surface area contributed by atoms with Crippen molar-refractivity contribution in [1.29, 1.82) is 0 Å². The molecule has 3 aromatic carbocycles. The minimum absolute atomic E-state index is 0.0830. The summed E-state index contributed by atoms with van der Waals surface area (Å²) in [7, 11) is -3.75. The van der Waals surface area contributed by atoms with E-state index in [1.165, 1.54) is 36.0 Å². The van der Waals surface area contributed by atoms with E-state index in [1.807, 2.05) is 19.9 Å². The van der Waals surface area contributed by atoms with Crippen molar-refractivity contribution in [3.63, 3.8) is 0 Å². The maximum absolute atomic E-state index is 12.6. The Morgan fingerprint density at radius 2 is 1.75 bits per heavy atom. The number of hydrogen-bond donors (Lipinski definition) is 3. The van der Waals surface area contributed by atoms with Crippen LogP contribution in [0.4, 0.5) is 17.1 Å². The van der Waals surface area contributed by atoms with Crippen molar-refractivity contribution in [1.82, 2.24) is 0 Å². The highest BCUT2D eigenvalue weighted by Gasteiger charge is 2.24. The third-order valence-corrected chi connectivity index (χ3v) is 7.44. The molecule has 32 heavy (non-hydrogen) atoms. The molecule has 0 aromatic heterocycles. The van der Waals surface area contributed by atoms with E-state index < -0.39 is 10.0 Å². The van der Waals surface area contributed by atoms with E-state index in [2.05, 4.69) is 15.4 Å². The molecule has 9 heteroatoms. The van der Waals surface area contributed by atoms with Crippen LogP contribution in [0.25, 0.3) is 0 Å². The molecule has 7 nitrogen and oxygen atoms in total. The first kappa shape index (κ1) is 21.9. The third-order valence-electron chi connectivity index (χ3n) is 4.87. The first-order valence-corrected chi connectivity index (χ1v) is 12.2. The monoisotopic (exact) mass is 467 g/mol. The zero-order valence-electron chi connectivity index (χ0n) is 17.4. The number of amides is 2. The Bertz CT molecular complexity index is 1310. The predicted octanol–water partition coefficient (Wildman–Crippen LogP) is 4.48. The van der Waals surface area contributed by atoms with E-state index in [0.717, 1.165) is 10.5 Å². The summed E-state index contributed by atoms with van der Waals surface area (Å²) in [5, 5.41) is 5.37. The van der Waals surface area contributed by atoms with E-state index in [-0.39, 0.29) is 22.0 Å². The molecule has 0 saturated heterocycles. The van der Waals surface area contributed by atoms with Gasteiger partial charge in [-0.25, -0.2) is 8.42 Å². The Kier molecular flexibility index (Phi) is 5.94. The topological polar surface area (TPSA) is 104 Å². The lowest BCUT2D eigenvalue weighted by Crippen LogP contribution is -2.26. The number of hydrogen-bond acceptors (Lipinski definition) is 5. The van der Waals surface area contributed by atoms with E-state index in [4.69, 9.17) is 0 Å². The summed E-state index contributed by atoms with van der Waals surface area (Å²) in [4.78, 5) is 25.5. The van der Waals surface area contributed by atoms with Gasteiger partial charge in [-0.05, 0) is 74.0 Å². The Morgan fingerprint density at radius 3 is 2.47 bits per heavy atom. The lowest BCUT2D eigenvalue weighted by Gasteiger charge is -2.21. The van der Waals surface area contributed by atoms with Crippen LogP contribution in [0.3, 0.4) is 0 Å². The molecule has 1 atom stereocenters. The molecular weight excluding hydrogens is 446 g/mol. The van der Waals surface area contributed by atoms with Gasteiger partial charge in [-0.15, -0.1) is 11.8 Å². The highest BCUT2D eigenvalue weighted by molar-refractivity contribution is 8.01. The fourth-order valence-electron chi connectivity index (χ4n) is 3.19. The number of fused-ring (bicyclic) bond motifs is 1. The molecular formula is C23H21N3O4S2. The SMILES string of the molecule is Cc1cccc(NS(=O)(=O)c2ccc(NC(=O)c3ccc4c(c3)NC(=O)C(C)S4)cc2)c1. The molecule has 1 aliphatic rings. The zero-order valence-corrected chi connectivity index (χ0v) is 19.0. The lowest BCUT2D eigenvalue weighted by atomic mass is 10.1. The van der Waals surface area contributed by atoms with E-state index >= 15 is 0 Å². The highest BCUT2D eigenvalue weighted by Crippen LogP contribution is 2.36. The van der Waals surface area contributed by atoms with Crippen molar-refractivity contribution in [3.8, 4) is 0 Å². The number of rotatable bonds is 5. The van der Waals surface area contributed by atoms with Crippen molar-refractivity contribution < 1.29 is 18.0 Å². The number of carbonyl (C=O) groups excluding carboxylic acids is 2. The molecule has 0 aliphatic carbocycles.